The Morgan fingerprint density at radius 2 is 2.00 bits per heavy atom. The molecule has 0 spiro atoms. The second-order valence-corrected chi connectivity index (χ2v) is 6.34. The minimum Gasteiger partial charge on any atom is -0.452 e. The van der Waals surface area contributed by atoms with Gasteiger partial charge >= 0.3 is 12.0 Å². The fourth-order valence-electron chi connectivity index (χ4n) is 1.74. The Balaban J connectivity index is 2.32. The summed E-state index contributed by atoms with van der Waals surface area (Å²) < 4.78 is 4.77. The van der Waals surface area contributed by atoms with Gasteiger partial charge in [-0.2, -0.15) is 0 Å². The third-order valence-corrected chi connectivity index (χ3v) is 3.62. The number of urea groups is 1. The highest BCUT2D eigenvalue weighted by atomic mass is 35.5. The molecule has 0 bridgehead atoms. The van der Waals surface area contributed by atoms with Gasteiger partial charge in [0.1, 0.15) is 0 Å². The van der Waals surface area contributed by atoms with Gasteiger partial charge in [0.2, 0.25) is 0 Å². The maximum Gasteiger partial charge on any atom is 0.331 e. The molecule has 1 aromatic carbocycles. The zero-order valence-electron chi connectivity index (χ0n) is 14.6. The average molecular weight is 367 g/mol. The zero-order valence-corrected chi connectivity index (χ0v) is 15.4. The summed E-state index contributed by atoms with van der Waals surface area (Å²) in [5, 5.41) is 5.24. The van der Waals surface area contributed by atoms with Crippen LogP contribution in [0.15, 0.2) is 24.3 Å². The Bertz CT molecular complexity index is 656. The molecule has 1 rings (SSSR count). The summed E-state index contributed by atoms with van der Waals surface area (Å²) in [4.78, 5) is 34.5. The lowest BCUT2D eigenvalue weighted by atomic mass is 10.1. The molecule has 0 heterocycles. The van der Waals surface area contributed by atoms with E-state index in [-0.39, 0.29) is 0 Å². The van der Waals surface area contributed by atoms with E-state index in [1.807, 2.05) is 26.8 Å². The quantitative estimate of drug-likeness (QED) is 0.573. The molecule has 136 valence electrons. The molecule has 0 saturated heterocycles. The van der Waals surface area contributed by atoms with Crippen LogP contribution in [0.5, 0.6) is 0 Å². The average Bonchev–Trinajstić information content (AvgIpc) is 2.53. The molecule has 7 heteroatoms. The Labute approximate surface area is 152 Å². The first-order chi connectivity index (χ1) is 11.8. The summed E-state index contributed by atoms with van der Waals surface area (Å²) in [6.45, 7) is 5.88. The van der Waals surface area contributed by atoms with Crippen LogP contribution in [0, 0.1) is 12.8 Å². The summed E-state index contributed by atoms with van der Waals surface area (Å²) in [5.74, 6) is -0.929. The highest BCUT2D eigenvalue weighted by molar-refractivity contribution is 6.31. The van der Waals surface area contributed by atoms with E-state index in [9.17, 15) is 14.4 Å². The molecule has 1 aromatic rings. The van der Waals surface area contributed by atoms with Crippen LogP contribution in [-0.2, 0) is 14.3 Å². The van der Waals surface area contributed by atoms with Crippen LogP contribution in [-0.4, -0.2) is 31.1 Å². The number of hydrogen-bond acceptors (Lipinski definition) is 4. The molecule has 0 fully saturated rings. The lowest BCUT2D eigenvalue weighted by Gasteiger charge is -2.08. The minimum atomic E-state index is -0.692. The molecule has 6 nitrogen and oxygen atoms in total. The first-order valence-corrected chi connectivity index (χ1v) is 8.34. The van der Waals surface area contributed by atoms with E-state index in [2.05, 4.69) is 10.6 Å². The topological polar surface area (TPSA) is 84.5 Å². The van der Waals surface area contributed by atoms with Crippen LogP contribution in [0.25, 0.3) is 6.08 Å². The fourth-order valence-corrected chi connectivity index (χ4v) is 1.93. The van der Waals surface area contributed by atoms with Gasteiger partial charge in [-0.1, -0.05) is 37.6 Å². The van der Waals surface area contributed by atoms with Gasteiger partial charge in [-0.15, -0.1) is 0 Å². The Kier molecular flexibility index (Phi) is 8.70. The van der Waals surface area contributed by atoms with E-state index >= 15 is 0 Å². The fraction of sp³-hybridized carbons (Fsp3) is 0.389. The van der Waals surface area contributed by atoms with Gasteiger partial charge in [0.25, 0.3) is 5.91 Å². The highest BCUT2D eigenvalue weighted by Crippen LogP contribution is 2.17. The van der Waals surface area contributed by atoms with E-state index in [4.69, 9.17) is 16.3 Å². The number of esters is 1. The number of carbonyl (C=O) groups is 3. The predicted molar refractivity (Wildman–Crippen MR) is 97.2 cm³/mol. The number of nitrogens with one attached hydrogen (secondary N) is 2. The second-order valence-electron chi connectivity index (χ2n) is 5.94. The predicted octanol–water partition coefficient (Wildman–Crippen LogP) is 3.08. The van der Waals surface area contributed by atoms with Gasteiger partial charge in [0.15, 0.2) is 6.61 Å². The first-order valence-electron chi connectivity index (χ1n) is 7.96. The third kappa shape index (κ3) is 8.91. The van der Waals surface area contributed by atoms with Crippen molar-refractivity contribution in [3.8, 4) is 0 Å². The molecule has 0 aliphatic carbocycles. The zero-order chi connectivity index (χ0) is 18.8. The van der Waals surface area contributed by atoms with Crippen LogP contribution in [0.3, 0.4) is 0 Å². The molecule has 0 radical (unpaired) electrons. The standard InChI is InChI=1S/C18H23ClN2O4/c1-12(2)8-9-20-18(24)21-16(22)11-25-17(23)7-6-14-5-4-13(3)15(19)10-14/h4-7,10,12H,8-9,11H2,1-3H3,(H2,20,21,22,24)/b7-6+. The number of carbonyl (C=O) groups excluding carboxylic acids is 3. The van der Waals surface area contributed by atoms with Crippen molar-refractivity contribution >= 4 is 35.6 Å². The first kappa shape index (κ1) is 20.7. The van der Waals surface area contributed by atoms with Gasteiger partial charge in [0.05, 0.1) is 0 Å². The lowest BCUT2D eigenvalue weighted by Crippen LogP contribution is -2.41. The van der Waals surface area contributed by atoms with Crippen molar-refractivity contribution < 1.29 is 19.1 Å². The third-order valence-electron chi connectivity index (χ3n) is 3.21. The van der Waals surface area contributed by atoms with Gasteiger partial charge in [0, 0.05) is 17.6 Å². The van der Waals surface area contributed by atoms with Crippen LogP contribution in [0.2, 0.25) is 5.02 Å². The van der Waals surface area contributed by atoms with Crippen LogP contribution in [0.1, 0.15) is 31.4 Å². The number of benzene rings is 1. The number of rotatable bonds is 7. The van der Waals surface area contributed by atoms with Crippen LogP contribution in [0.4, 0.5) is 4.79 Å². The summed E-state index contributed by atoms with van der Waals surface area (Å²) in [5.41, 5.74) is 1.67. The van der Waals surface area contributed by atoms with Crippen molar-refractivity contribution in [1.82, 2.24) is 10.6 Å². The van der Waals surface area contributed by atoms with E-state index in [0.29, 0.717) is 17.5 Å². The molecular weight excluding hydrogens is 344 g/mol. The van der Waals surface area contributed by atoms with E-state index < -0.39 is 24.5 Å². The van der Waals surface area contributed by atoms with E-state index in [1.54, 1.807) is 12.1 Å². The van der Waals surface area contributed by atoms with Crippen molar-refractivity contribution in [3.05, 3.63) is 40.4 Å². The smallest absolute Gasteiger partial charge is 0.331 e. The van der Waals surface area contributed by atoms with Crippen molar-refractivity contribution in [1.29, 1.82) is 0 Å². The number of ether oxygens (including phenoxy) is 1. The van der Waals surface area contributed by atoms with E-state index in [1.165, 1.54) is 12.2 Å². The van der Waals surface area contributed by atoms with Gasteiger partial charge in [-0.05, 0) is 42.5 Å². The Morgan fingerprint density at radius 1 is 1.28 bits per heavy atom. The molecule has 0 unspecified atom stereocenters. The molecule has 0 aliphatic rings. The normalized spacial score (nSPS) is 10.8. The van der Waals surface area contributed by atoms with E-state index in [0.717, 1.165) is 17.5 Å². The van der Waals surface area contributed by atoms with Crippen molar-refractivity contribution in [2.24, 2.45) is 5.92 Å². The largest absolute Gasteiger partial charge is 0.452 e. The second kappa shape index (κ2) is 10.5. The molecule has 2 N–H and O–H groups in total. The summed E-state index contributed by atoms with van der Waals surface area (Å²) in [6, 6.07) is 4.75. The number of hydrogen-bond donors (Lipinski definition) is 2. The van der Waals surface area contributed by atoms with Crippen LogP contribution >= 0.6 is 11.6 Å². The number of amides is 3. The maximum absolute atomic E-state index is 11.6. The van der Waals surface area contributed by atoms with Crippen molar-refractivity contribution in [3.63, 3.8) is 0 Å². The highest BCUT2D eigenvalue weighted by Gasteiger charge is 2.09. The molecule has 25 heavy (non-hydrogen) atoms. The SMILES string of the molecule is Cc1ccc(/C=C/C(=O)OCC(=O)NC(=O)NCCC(C)C)cc1Cl. The monoisotopic (exact) mass is 366 g/mol. The minimum absolute atomic E-state index is 0.451. The molecule has 0 atom stereocenters. The van der Waals surface area contributed by atoms with Crippen LogP contribution < -0.4 is 10.6 Å². The van der Waals surface area contributed by atoms with Gasteiger partial charge in [-0.3, -0.25) is 10.1 Å². The maximum atomic E-state index is 11.6. The molecule has 0 aromatic heterocycles. The molecule has 3 amide bonds. The number of imide groups is 1. The summed E-state index contributed by atoms with van der Waals surface area (Å²) in [7, 11) is 0. The molecular formula is C18H23ClN2O4. The summed E-state index contributed by atoms with van der Waals surface area (Å²) >= 11 is 5.99. The van der Waals surface area contributed by atoms with Gasteiger partial charge < -0.3 is 10.1 Å². The Hall–Kier alpha value is -2.34. The molecule has 0 aliphatic heterocycles. The van der Waals surface area contributed by atoms with Gasteiger partial charge in [-0.25, -0.2) is 9.59 Å². The van der Waals surface area contributed by atoms with Crippen molar-refractivity contribution in [2.45, 2.75) is 27.2 Å². The number of halogens is 1. The Morgan fingerprint density at radius 3 is 2.64 bits per heavy atom. The molecule has 0 saturated carbocycles. The number of aryl methyl sites for hydroxylation is 1. The summed E-state index contributed by atoms with van der Waals surface area (Å²) in [6.07, 6.45) is 3.53. The lowest BCUT2D eigenvalue weighted by molar-refractivity contribution is -0.143. The van der Waals surface area contributed by atoms with Crippen molar-refractivity contribution in [2.75, 3.05) is 13.2 Å².